The SMILES string of the molecule is CN(C(=O)c1cccc(CC#N)c1)c1ccc(O)cc1. The van der Waals surface area contributed by atoms with Crippen molar-refractivity contribution in [3.05, 3.63) is 59.7 Å². The van der Waals surface area contributed by atoms with Gasteiger partial charge in [0.1, 0.15) is 5.75 Å². The normalized spacial score (nSPS) is 9.80. The molecule has 0 heterocycles. The number of carbonyl (C=O) groups excluding carboxylic acids is 1. The number of rotatable bonds is 3. The molecule has 2 aromatic rings. The van der Waals surface area contributed by atoms with Crippen LogP contribution in [-0.4, -0.2) is 18.1 Å². The lowest BCUT2D eigenvalue weighted by Gasteiger charge is -2.17. The zero-order valence-corrected chi connectivity index (χ0v) is 11.1. The number of nitriles is 1. The maximum absolute atomic E-state index is 12.4. The molecule has 4 nitrogen and oxygen atoms in total. The smallest absolute Gasteiger partial charge is 0.258 e. The summed E-state index contributed by atoms with van der Waals surface area (Å²) in [5, 5.41) is 17.9. The average Bonchev–Trinajstić information content (AvgIpc) is 2.47. The zero-order valence-electron chi connectivity index (χ0n) is 11.1. The third kappa shape index (κ3) is 2.96. The van der Waals surface area contributed by atoms with Crippen LogP contribution < -0.4 is 4.90 Å². The minimum Gasteiger partial charge on any atom is -0.508 e. The van der Waals surface area contributed by atoms with Crippen molar-refractivity contribution in [2.24, 2.45) is 0 Å². The van der Waals surface area contributed by atoms with Gasteiger partial charge in [0, 0.05) is 18.3 Å². The molecule has 100 valence electrons. The second-order valence-corrected chi connectivity index (χ2v) is 4.42. The molecule has 0 unspecified atom stereocenters. The van der Waals surface area contributed by atoms with E-state index in [2.05, 4.69) is 6.07 Å². The van der Waals surface area contributed by atoms with E-state index in [1.165, 1.54) is 17.0 Å². The van der Waals surface area contributed by atoms with Crippen LogP contribution in [0.15, 0.2) is 48.5 Å². The molecule has 20 heavy (non-hydrogen) atoms. The van der Waals surface area contributed by atoms with Gasteiger partial charge < -0.3 is 10.0 Å². The molecule has 0 aliphatic carbocycles. The Morgan fingerprint density at radius 3 is 2.60 bits per heavy atom. The molecule has 1 amide bonds. The number of benzene rings is 2. The van der Waals surface area contributed by atoms with Gasteiger partial charge in [-0.1, -0.05) is 12.1 Å². The van der Waals surface area contributed by atoms with Gasteiger partial charge in [-0.3, -0.25) is 4.79 Å². The topological polar surface area (TPSA) is 64.3 Å². The largest absolute Gasteiger partial charge is 0.508 e. The highest BCUT2D eigenvalue weighted by Gasteiger charge is 2.13. The van der Waals surface area contributed by atoms with Crippen molar-refractivity contribution >= 4 is 11.6 Å². The number of phenolic OH excluding ortho intramolecular Hbond substituents is 1. The van der Waals surface area contributed by atoms with Crippen LogP contribution in [0.4, 0.5) is 5.69 Å². The van der Waals surface area contributed by atoms with Gasteiger partial charge in [0.15, 0.2) is 0 Å². The molecule has 0 atom stereocenters. The molecule has 0 aromatic heterocycles. The molecule has 0 bridgehead atoms. The molecular weight excluding hydrogens is 252 g/mol. The average molecular weight is 266 g/mol. The number of aromatic hydroxyl groups is 1. The predicted molar refractivity (Wildman–Crippen MR) is 76.6 cm³/mol. The predicted octanol–water partition coefficient (Wildman–Crippen LogP) is 2.73. The van der Waals surface area contributed by atoms with E-state index in [-0.39, 0.29) is 18.1 Å². The van der Waals surface area contributed by atoms with Gasteiger partial charge >= 0.3 is 0 Å². The summed E-state index contributed by atoms with van der Waals surface area (Å²) < 4.78 is 0. The molecular formula is C16H14N2O2. The van der Waals surface area contributed by atoms with E-state index in [1.807, 2.05) is 6.07 Å². The van der Waals surface area contributed by atoms with Crippen LogP contribution in [0.5, 0.6) is 5.75 Å². The molecule has 0 aliphatic rings. The van der Waals surface area contributed by atoms with Crippen molar-refractivity contribution in [3.63, 3.8) is 0 Å². The Hall–Kier alpha value is -2.80. The molecule has 1 N–H and O–H groups in total. The van der Waals surface area contributed by atoms with Crippen molar-refractivity contribution in [1.29, 1.82) is 5.26 Å². The van der Waals surface area contributed by atoms with E-state index in [4.69, 9.17) is 5.26 Å². The lowest BCUT2D eigenvalue weighted by Crippen LogP contribution is -2.26. The van der Waals surface area contributed by atoms with Gasteiger partial charge in [-0.15, -0.1) is 0 Å². The summed E-state index contributed by atoms with van der Waals surface area (Å²) in [5.74, 6) is 0.00101. The van der Waals surface area contributed by atoms with Gasteiger partial charge in [-0.2, -0.15) is 5.26 Å². The van der Waals surface area contributed by atoms with Crippen molar-refractivity contribution in [2.75, 3.05) is 11.9 Å². The van der Waals surface area contributed by atoms with Gasteiger partial charge in [0.05, 0.1) is 12.5 Å². The maximum atomic E-state index is 12.4. The van der Waals surface area contributed by atoms with Gasteiger partial charge in [-0.05, 0) is 42.0 Å². The van der Waals surface area contributed by atoms with Crippen molar-refractivity contribution < 1.29 is 9.90 Å². The zero-order chi connectivity index (χ0) is 14.5. The number of carbonyl (C=O) groups is 1. The first-order valence-electron chi connectivity index (χ1n) is 6.15. The molecule has 0 aliphatic heterocycles. The standard InChI is InChI=1S/C16H14N2O2/c1-18(14-5-7-15(19)8-6-14)16(20)13-4-2-3-12(11-13)9-10-17/h2-8,11,19H,9H2,1H3. The fourth-order valence-electron chi connectivity index (χ4n) is 1.89. The van der Waals surface area contributed by atoms with Crippen LogP contribution in [0, 0.1) is 11.3 Å². The van der Waals surface area contributed by atoms with E-state index in [0.717, 1.165) is 5.56 Å². The number of hydrogen-bond acceptors (Lipinski definition) is 3. The summed E-state index contributed by atoms with van der Waals surface area (Å²) in [6, 6.07) is 15.5. The van der Waals surface area contributed by atoms with Crippen molar-refractivity contribution in [3.8, 4) is 11.8 Å². The van der Waals surface area contributed by atoms with Crippen LogP contribution in [0.2, 0.25) is 0 Å². The Labute approximate surface area is 117 Å². The van der Waals surface area contributed by atoms with Crippen molar-refractivity contribution in [2.45, 2.75) is 6.42 Å². The lowest BCUT2D eigenvalue weighted by molar-refractivity contribution is 0.0993. The van der Waals surface area contributed by atoms with E-state index in [1.54, 1.807) is 37.4 Å². The minimum atomic E-state index is -0.157. The van der Waals surface area contributed by atoms with E-state index < -0.39 is 0 Å². The lowest BCUT2D eigenvalue weighted by atomic mass is 10.1. The quantitative estimate of drug-likeness (QED) is 0.929. The van der Waals surface area contributed by atoms with Crippen molar-refractivity contribution in [1.82, 2.24) is 0 Å². The number of hydrogen-bond donors (Lipinski definition) is 1. The number of nitrogens with zero attached hydrogens (tertiary/aromatic N) is 2. The maximum Gasteiger partial charge on any atom is 0.258 e. The van der Waals surface area contributed by atoms with Gasteiger partial charge in [0.25, 0.3) is 5.91 Å². The highest BCUT2D eigenvalue weighted by molar-refractivity contribution is 6.05. The van der Waals surface area contributed by atoms with E-state index in [9.17, 15) is 9.90 Å². The highest BCUT2D eigenvalue weighted by atomic mass is 16.3. The number of anilines is 1. The number of phenols is 1. The van der Waals surface area contributed by atoms with E-state index in [0.29, 0.717) is 11.3 Å². The third-order valence-corrected chi connectivity index (χ3v) is 3.00. The summed E-state index contributed by atoms with van der Waals surface area (Å²) >= 11 is 0. The summed E-state index contributed by atoms with van der Waals surface area (Å²) in [6.07, 6.45) is 0.282. The molecule has 2 aromatic carbocycles. The van der Waals surface area contributed by atoms with Crippen LogP contribution in [0.3, 0.4) is 0 Å². The Morgan fingerprint density at radius 1 is 1.25 bits per heavy atom. The summed E-state index contributed by atoms with van der Waals surface area (Å²) in [5.41, 5.74) is 2.05. The fraction of sp³-hybridized carbons (Fsp3) is 0.125. The second kappa shape index (κ2) is 5.89. The summed E-state index contributed by atoms with van der Waals surface area (Å²) in [6.45, 7) is 0. The Bertz CT molecular complexity index is 657. The Kier molecular flexibility index (Phi) is 4.02. The summed E-state index contributed by atoms with van der Waals surface area (Å²) in [4.78, 5) is 13.9. The molecule has 0 spiro atoms. The fourth-order valence-corrected chi connectivity index (χ4v) is 1.89. The van der Waals surface area contributed by atoms with Crippen LogP contribution in [0.25, 0.3) is 0 Å². The van der Waals surface area contributed by atoms with Gasteiger partial charge in [0.2, 0.25) is 0 Å². The monoisotopic (exact) mass is 266 g/mol. The highest BCUT2D eigenvalue weighted by Crippen LogP contribution is 2.19. The molecule has 0 fully saturated rings. The molecule has 0 radical (unpaired) electrons. The van der Waals surface area contributed by atoms with Crippen LogP contribution >= 0.6 is 0 Å². The third-order valence-electron chi connectivity index (χ3n) is 3.00. The first kappa shape index (κ1) is 13.6. The first-order chi connectivity index (χ1) is 9.61. The van der Waals surface area contributed by atoms with Crippen LogP contribution in [0.1, 0.15) is 15.9 Å². The first-order valence-corrected chi connectivity index (χ1v) is 6.15. The molecule has 0 saturated carbocycles. The molecule has 2 rings (SSSR count). The second-order valence-electron chi connectivity index (χ2n) is 4.42. The number of amides is 1. The Balaban J connectivity index is 2.24. The molecule has 4 heteroatoms. The minimum absolute atomic E-state index is 0.157. The van der Waals surface area contributed by atoms with Crippen LogP contribution in [-0.2, 0) is 6.42 Å². The Morgan fingerprint density at radius 2 is 1.95 bits per heavy atom. The summed E-state index contributed by atoms with van der Waals surface area (Å²) in [7, 11) is 1.67. The van der Waals surface area contributed by atoms with Gasteiger partial charge in [-0.25, -0.2) is 0 Å². The van der Waals surface area contributed by atoms with E-state index >= 15 is 0 Å². The molecule has 0 saturated heterocycles.